The Hall–Kier alpha value is -1.83. The molecular weight excluding hydrogens is 208 g/mol. The van der Waals surface area contributed by atoms with E-state index in [0.29, 0.717) is 6.04 Å². The Morgan fingerprint density at radius 2 is 1.88 bits per heavy atom. The Morgan fingerprint density at radius 1 is 1.12 bits per heavy atom. The zero-order valence-electron chi connectivity index (χ0n) is 10.2. The predicted molar refractivity (Wildman–Crippen MR) is 71.2 cm³/mol. The predicted octanol–water partition coefficient (Wildman–Crippen LogP) is 3.13. The Balaban J connectivity index is 2.04. The van der Waals surface area contributed by atoms with Gasteiger partial charge in [0.25, 0.3) is 0 Å². The minimum atomic E-state index is 0.609. The number of anilines is 1. The van der Waals surface area contributed by atoms with Crippen molar-refractivity contribution in [3.05, 3.63) is 48.3 Å². The molecule has 1 atom stereocenters. The molecule has 0 N–H and O–H groups in total. The van der Waals surface area contributed by atoms with E-state index in [-0.39, 0.29) is 0 Å². The summed E-state index contributed by atoms with van der Waals surface area (Å²) in [4.78, 5) is 6.41. The van der Waals surface area contributed by atoms with Crippen LogP contribution in [0.15, 0.2) is 42.7 Å². The molecule has 0 spiro atoms. The number of hydrogen-bond donors (Lipinski definition) is 0. The van der Waals surface area contributed by atoms with Gasteiger partial charge in [0.15, 0.2) is 0 Å². The van der Waals surface area contributed by atoms with Gasteiger partial charge in [0.05, 0.1) is 0 Å². The number of hydrogen-bond acceptors (Lipinski definition) is 2. The van der Waals surface area contributed by atoms with E-state index in [2.05, 4.69) is 54.2 Å². The monoisotopic (exact) mass is 224 g/mol. The molecule has 0 aliphatic carbocycles. The maximum atomic E-state index is 4.06. The minimum Gasteiger partial charge on any atom is -0.371 e. The van der Waals surface area contributed by atoms with Crippen LogP contribution in [0.3, 0.4) is 0 Å². The minimum absolute atomic E-state index is 0.609. The van der Waals surface area contributed by atoms with Gasteiger partial charge < -0.3 is 4.90 Å². The number of benzene rings is 1. The average molecular weight is 224 g/mol. The van der Waals surface area contributed by atoms with Crippen LogP contribution < -0.4 is 4.90 Å². The third kappa shape index (κ3) is 1.70. The van der Waals surface area contributed by atoms with E-state index < -0.39 is 0 Å². The number of fused-ring (bicyclic) bond motifs is 1. The van der Waals surface area contributed by atoms with E-state index in [1.54, 1.807) is 0 Å². The van der Waals surface area contributed by atoms with Crippen molar-refractivity contribution in [1.29, 1.82) is 0 Å². The number of aromatic nitrogens is 1. The largest absolute Gasteiger partial charge is 0.371 e. The molecule has 2 heteroatoms. The fourth-order valence-electron chi connectivity index (χ4n) is 2.51. The summed E-state index contributed by atoms with van der Waals surface area (Å²) >= 11 is 0. The van der Waals surface area contributed by atoms with Crippen LogP contribution in [-0.4, -0.2) is 18.1 Å². The van der Waals surface area contributed by atoms with Gasteiger partial charge in [-0.3, -0.25) is 4.98 Å². The van der Waals surface area contributed by atoms with E-state index >= 15 is 0 Å². The SMILES string of the molecule is C[C@@H]1Cc2cc(-c3ccncc3)ccc2N1C. The summed E-state index contributed by atoms with van der Waals surface area (Å²) in [6.07, 6.45) is 4.83. The first-order valence-electron chi connectivity index (χ1n) is 6.02. The third-order valence-electron chi connectivity index (χ3n) is 3.65. The van der Waals surface area contributed by atoms with E-state index in [1.807, 2.05) is 12.4 Å². The van der Waals surface area contributed by atoms with Crippen molar-refractivity contribution in [2.45, 2.75) is 19.4 Å². The molecule has 0 saturated heterocycles. The molecule has 0 unspecified atom stereocenters. The smallest absolute Gasteiger partial charge is 0.0399 e. The molecule has 2 nitrogen and oxygen atoms in total. The van der Waals surface area contributed by atoms with Crippen molar-refractivity contribution in [2.24, 2.45) is 0 Å². The Morgan fingerprint density at radius 3 is 2.65 bits per heavy atom. The average Bonchev–Trinajstić information content (AvgIpc) is 2.66. The number of pyridine rings is 1. The topological polar surface area (TPSA) is 16.1 Å². The second-order valence-corrected chi connectivity index (χ2v) is 4.74. The van der Waals surface area contributed by atoms with Crippen LogP contribution in [0, 0.1) is 0 Å². The summed E-state index contributed by atoms with van der Waals surface area (Å²) < 4.78 is 0. The maximum Gasteiger partial charge on any atom is 0.0399 e. The molecule has 1 aliphatic heterocycles. The van der Waals surface area contributed by atoms with Crippen LogP contribution in [0.4, 0.5) is 5.69 Å². The van der Waals surface area contributed by atoms with Crippen molar-refractivity contribution in [3.63, 3.8) is 0 Å². The van der Waals surface area contributed by atoms with Crippen LogP contribution in [0.25, 0.3) is 11.1 Å². The van der Waals surface area contributed by atoms with Crippen molar-refractivity contribution >= 4 is 5.69 Å². The fourth-order valence-corrected chi connectivity index (χ4v) is 2.51. The quantitative estimate of drug-likeness (QED) is 0.739. The first-order valence-corrected chi connectivity index (χ1v) is 6.02. The van der Waals surface area contributed by atoms with Gasteiger partial charge in [-0.05, 0) is 54.3 Å². The van der Waals surface area contributed by atoms with Crippen molar-refractivity contribution in [3.8, 4) is 11.1 Å². The van der Waals surface area contributed by atoms with Crippen molar-refractivity contribution in [1.82, 2.24) is 4.98 Å². The molecule has 2 heterocycles. The molecule has 0 fully saturated rings. The van der Waals surface area contributed by atoms with Gasteiger partial charge in [0, 0.05) is 31.2 Å². The molecular formula is C15H16N2. The van der Waals surface area contributed by atoms with Gasteiger partial charge in [-0.15, -0.1) is 0 Å². The van der Waals surface area contributed by atoms with Crippen LogP contribution >= 0.6 is 0 Å². The van der Waals surface area contributed by atoms with Gasteiger partial charge >= 0.3 is 0 Å². The molecule has 0 amide bonds. The second kappa shape index (κ2) is 3.88. The van der Waals surface area contributed by atoms with Gasteiger partial charge in [-0.1, -0.05) is 6.07 Å². The van der Waals surface area contributed by atoms with Crippen LogP contribution in [0.1, 0.15) is 12.5 Å². The van der Waals surface area contributed by atoms with E-state index in [9.17, 15) is 0 Å². The van der Waals surface area contributed by atoms with E-state index in [0.717, 1.165) is 6.42 Å². The molecule has 1 aromatic carbocycles. The van der Waals surface area contributed by atoms with Crippen LogP contribution in [-0.2, 0) is 6.42 Å². The molecule has 0 radical (unpaired) electrons. The molecule has 1 aliphatic rings. The lowest BCUT2D eigenvalue weighted by Crippen LogP contribution is -2.23. The highest BCUT2D eigenvalue weighted by Crippen LogP contribution is 2.33. The normalized spacial score (nSPS) is 18.2. The molecule has 17 heavy (non-hydrogen) atoms. The van der Waals surface area contributed by atoms with Crippen LogP contribution in [0.5, 0.6) is 0 Å². The highest BCUT2D eigenvalue weighted by atomic mass is 15.1. The summed E-state index contributed by atoms with van der Waals surface area (Å²) in [5, 5.41) is 0. The third-order valence-corrected chi connectivity index (χ3v) is 3.65. The highest BCUT2D eigenvalue weighted by Gasteiger charge is 2.22. The highest BCUT2D eigenvalue weighted by molar-refractivity contribution is 5.70. The lowest BCUT2D eigenvalue weighted by molar-refractivity contribution is 0.732. The number of likely N-dealkylation sites (N-methyl/N-ethyl adjacent to an activating group) is 1. The van der Waals surface area contributed by atoms with Crippen LogP contribution in [0.2, 0.25) is 0 Å². The maximum absolute atomic E-state index is 4.06. The van der Waals surface area contributed by atoms with Gasteiger partial charge in [-0.25, -0.2) is 0 Å². The van der Waals surface area contributed by atoms with Crippen molar-refractivity contribution in [2.75, 3.05) is 11.9 Å². The number of nitrogens with zero attached hydrogens (tertiary/aromatic N) is 2. The molecule has 0 saturated carbocycles. The molecule has 3 rings (SSSR count). The van der Waals surface area contributed by atoms with E-state index in [1.165, 1.54) is 22.4 Å². The zero-order chi connectivity index (χ0) is 11.8. The lowest BCUT2D eigenvalue weighted by Gasteiger charge is -2.18. The fraction of sp³-hybridized carbons (Fsp3) is 0.267. The first-order chi connectivity index (χ1) is 8.25. The summed E-state index contributed by atoms with van der Waals surface area (Å²) in [7, 11) is 2.17. The second-order valence-electron chi connectivity index (χ2n) is 4.74. The standard InChI is InChI=1S/C15H16N2/c1-11-9-14-10-13(3-4-15(14)17(11)2)12-5-7-16-8-6-12/h3-8,10-11H,9H2,1-2H3/t11-/m1/s1. The summed E-state index contributed by atoms with van der Waals surface area (Å²) in [5.41, 5.74) is 5.35. The van der Waals surface area contributed by atoms with Gasteiger partial charge in [-0.2, -0.15) is 0 Å². The summed E-state index contributed by atoms with van der Waals surface area (Å²) in [5.74, 6) is 0. The first kappa shape index (κ1) is 10.3. The summed E-state index contributed by atoms with van der Waals surface area (Å²) in [6.45, 7) is 2.27. The van der Waals surface area contributed by atoms with Crippen molar-refractivity contribution < 1.29 is 0 Å². The Kier molecular flexibility index (Phi) is 2.36. The molecule has 86 valence electrons. The van der Waals surface area contributed by atoms with Gasteiger partial charge in [0.2, 0.25) is 0 Å². The summed E-state index contributed by atoms with van der Waals surface area (Å²) in [6, 6.07) is 11.5. The Labute approximate surface area is 102 Å². The zero-order valence-corrected chi connectivity index (χ0v) is 10.2. The molecule has 2 aromatic rings. The molecule has 0 bridgehead atoms. The van der Waals surface area contributed by atoms with E-state index in [4.69, 9.17) is 0 Å². The number of rotatable bonds is 1. The lowest BCUT2D eigenvalue weighted by atomic mass is 10.0. The van der Waals surface area contributed by atoms with Gasteiger partial charge in [0.1, 0.15) is 0 Å². The Bertz CT molecular complexity index is 534. The molecule has 1 aromatic heterocycles.